The van der Waals surface area contributed by atoms with Crippen LogP contribution in [-0.2, 0) is 4.79 Å². The van der Waals surface area contributed by atoms with Gasteiger partial charge in [-0.15, -0.1) is 0 Å². The van der Waals surface area contributed by atoms with Crippen LogP contribution in [0.1, 0.15) is 29.3 Å². The number of aryl methyl sites for hydroxylation is 1. The van der Waals surface area contributed by atoms with Crippen LogP contribution < -0.4 is 5.32 Å². The minimum absolute atomic E-state index is 0.113. The van der Waals surface area contributed by atoms with Crippen LogP contribution in [0.3, 0.4) is 0 Å². The average Bonchev–Trinajstić information content (AvgIpc) is 2.62. The average molecular weight is 342 g/mol. The molecule has 25 heavy (non-hydrogen) atoms. The Bertz CT molecular complexity index is 772. The molecule has 0 aromatic heterocycles. The van der Waals surface area contributed by atoms with Gasteiger partial charge in [0.05, 0.1) is 0 Å². The molecular weight excluding hydrogens is 319 g/mol. The zero-order valence-electron chi connectivity index (χ0n) is 15.0. The van der Waals surface area contributed by atoms with Gasteiger partial charge in [0.25, 0.3) is 5.91 Å². The topological polar surface area (TPSA) is 49.4 Å². The number of hydrogen-bond acceptors (Lipinski definition) is 2. The van der Waals surface area contributed by atoms with Crippen LogP contribution in [0.25, 0.3) is 11.1 Å². The zero-order valence-corrected chi connectivity index (χ0v) is 15.0. The van der Waals surface area contributed by atoms with Crippen LogP contribution in [0.4, 0.5) is 4.39 Å². The number of carbonyl (C=O) groups excluding carboxylic acids is 2. The molecule has 2 rings (SSSR count). The van der Waals surface area contributed by atoms with Crippen molar-refractivity contribution >= 4 is 11.8 Å². The highest BCUT2D eigenvalue weighted by atomic mass is 19.1. The third kappa shape index (κ3) is 4.44. The third-order valence-corrected chi connectivity index (χ3v) is 4.31. The van der Waals surface area contributed by atoms with Crippen LogP contribution in [0.15, 0.2) is 42.5 Å². The number of amides is 2. The van der Waals surface area contributed by atoms with E-state index in [-0.39, 0.29) is 30.1 Å². The first-order valence-electron chi connectivity index (χ1n) is 8.17. The van der Waals surface area contributed by atoms with Crippen molar-refractivity contribution in [3.63, 3.8) is 0 Å². The zero-order chi connectivity index (χ0) is 18.6. The van der Waals surface area contributed by atoms with E-state index in [0.717, 1.165) is 11.1 Å². The maximum atomic E-state index is 14.0. The van der Waals surface area contributed by atoms with Gasteiger partial charge in [-0.3, -0.25) is 9.59 Å². The Morgan fingerprint density at radius 1 is 1.16 bits per heavy atom. The van der Waals surface area contributed by atoms with Gasteiger partial charge in [0.1, 0.15) is 5.82 Å². The molecule has 4 nitrogen and oxygen atoms in total. The van der Waals surface area contributed by atoms with E-state index < -0.39 is 0 Å². The number of benzene rings is 2. The Morgan fingerprint density at radius 3 is 2.40 bits per heavy atom. The SMILES string of the molecule is CNC(=O)C[C@H](C)N(C)C(=O)c1ccc(-c2cc(C)ccc2F)cc1. The Labute approximate surface area is 147 Å². The summed E-state index contributed by atoms with van der Waals surface area (Å²) in [5, 5.41) is 2.55. The molecule has 2 amide bonds. The fourth-order valence-electron chi connectivity index (χ4n) is 2.56. The number of rotatable bonds is 5. The van der Waals surface area contributed by atoms with Crippen molar-refractivity contribution in [3.05, 3.63) is 59.4 Å². The van der Waals surface area contributed by atoms with Gasteiger partial charge in [0.15, 0.2) is 0 Å². The highest BCUT2D eigenvalue weighted by Crippen LogP contribution is 2.24. The summed E-state index contributed by atoms with van der Waals surface area (Å²) >= 11 is 0. The van der Waals surface area contributed by atoms with Crippen LogP contribution in [-0.4, -0.2) is 36.9 Å². The Hall–Kier alpha value is -2.69. The lowest BCUT2D eigenvalue weighted by Crippen LogP contribution is -2.38. The summed E-state index contributed by atoms with van der Waals surface area (Å²) in [5.41, 5.74) is 2.71. The van der Waals surface area contributed by atoms with E-state index in [9.17, 15) is 14.0 Å². The smallest absolute Gasteiger partial charge is 0.253 e. The van der Waals surface area contributed by atoms with Crippen molar-refractivity contribution in [2.75, 3.05) is 14.1 Å². The predicted octanol–water partition coefficient (Wildman–Crippen LogP) is 3.40. The lowest BCUT2D eigenvalue weighted by atomic mass is 10.0. The fraction of sp³-hybridized carbons (Fsp3) is 0.300. The summed E-state index contributed by atoms with van der Waals surface area (Å²) in [6, 6.07) is 11.6. The van der Waals surface area contributed by atoms with E-state index in [4.69, 9.17) is 0 Å². The molecule has 0 fully saturated rings. The lowest BCUT2D eigenvalue weighted by molar-refractivity contribution is -0.121. The summed E-state index contributed by atoms with van der Waals surface area (Å²) in [7, 11) is 3.24. The van der Waals surface area contributed by atoms with Crippen molar-refractivity contribution in [1.82, 2.24) is 10.2 Å². The monoisotopic (exact) mass is 342 g/mol. The molecule has 0 aliphatic heterocycles. The molecule has 2 aromatic carbocycles. The molecule has 5 heteroatoms. The number of nitrogens with one attached hydrogen (secondary N) is 1. The molecule has 0 bridgehead atoms. The second-order valence-electron chi connectivity index (χ2n) is 6.20. The first-order valence-corrected chi connectivity index (χ1v) is 8.17. The van der Waals surface area contributed by atoms with Crippen molar-refractivity contribution in [2.24, 2.45) is 0 Å². The fourth-order valence-corrected chi connectivity index (χ4v) is 2.56. The molecule has 2 aromatic rings. The van der Waals surface area contributed by atoms with Gasteiger partial charge >= 0.3 is 0 Å². The van der Waals surface area contributed by atoms with E-state index >= 15 is 0 Å². The minimum Gasteiger partial charge on any atom is -0.359 e. The van der Waals surface area contributed by atoms with E-state index in [1.165, 1.54) is 11.0 Å². The number of halogens is 1. The molecule has 0 heterocycles. The summed E-state index contributed by atoms with van der Waals surface area (Å²) in [4.78, 5) is 25.5. The maximum Gasteiger partial charge on any atom is 0.253 e. The standard InChI is InChI=1S/C20H23FN2O2/c1-13-5-10-18(21)17(11-13)15-6-8-16(9-7-15)20(25)23(4)14(2)12-19(24)22-3/h5-11,14H,12H2,1-4H3,(H,22,24)/t14-/m0/s1. The number of hydrogen-bond donors (Lipinski definition) is 1. The normalized spacial score (nSPS) is 11.7. The van der Waals surface area contributed by atoms with Gasteiger partial charge < -0.3 is 10.2 Å². The van der Waals surface area contributed by atoms with E-state index in [1.54, 1.807) is 50.5 Å². The number of carbonyl (C=O) groups is 2. The van der Waals surface area contributed by atoms with E-state index in [0.29, 0.717) is 11.1 Å². The van der Waals surface area contributed by atoms with Crippen molar-refractivity contribution in [1.29, 1.82) is 0 Å². The molecule has 0 saturated heterocycles. The first kappa shape index (κ1) is 18.6. The highest BCUT2D eigenvalue weighted by Gasteiger charge is 2.19. The Kier molecular flexibility index (Phi) is 5.91. The molecule has 1 atom stereocenters. The second-order valence-corrected chi connectivity index (χ2v) is 6.20. The van der Waals surface area contributed by atoms with Gasteiger partial charge in [0.2, 0.25) is 5.91 Å². The van der Waals surface area contributed by atoms with Gasteiger partial charge in [0, 0.05) is 37.7 Å². The molecular formula is C20H23FN2O2. The summed E-state index contributed by atoms with van der Waals surface area (Å²) < 4.78 is 14.0. The summed E-state index contributed by atoms with van der Waals surface area (Å²) in [6.07, 6.45) is 0.241. The van der Waals surface area contributed by atoms with Crippen LogP contribution in [0.2, 0.25) is 0 Å². The molecule has 0 radical (unpaired) electrons. The van der Waals surface area contributed by atoms with Crippen LogP contribution in [0, 0.1) is 12.7 Å². The van der Waals surface area contributed by atoms with Gasteiger partial charge in [-0.2, -0.15) is 0 Å². The molecule has 0 aliphatic rings. The van der Waals surface area contributed by atoms with Crippen LogP contribution in [0.5, 0.6) is 0 Å². The first-order chi connectivity index (χ1) is 11.8. The minimum atomic E-state index is -0.291. The van der Waals surface area contributed by atoms with E-state index in [1.807, 2.05) is 13.8 Å². The van der Waals surface area contributed by atoms with E-state index in [2.05, 4.69) is 5.32 Å². The molecule has 0 spiro atoms. The number of nitrogens with zero attached hydrogens (tertiary/aromatic N) is 1. The van der Waals surface area contributed by atoms with Crippen molar-refractivity contribution < 1.29 is 14.0 Å². The Balaban J connectivity index is 2.17. The van der Waals surface area contributed by atoms with Crippen LogP contribution >= 0.6 is 0 Å². The predicted molar refractivity (Wildman–Crippen MR) is 96.8 cm³/mol. The molecule has 132 valence electrons. The molecule has 0 aliphatic carbocycles. The van der Waals surface area contributed by atoms with Gasteiger partial charge in [-0.25, -0.2) is 4.39 Å². The molecule has 1 N–H and O–H groups in total. The highest BCUT2D eigenvalue weighted by molar-refractivity contribution is 5.95. The van der Waals surface area contributed by atoms with Crippen molar-refractivity contribution in [3.8, 4) is 11.1 Å². The Morgan fingerprint density at radius 2 is 1.80 bits per heavy atom. The molecule has 0 unspecified atom stereocenters. The summed E-state index contributed by atoms with van der Waals surface area (Å²) in [6.45, 7) is 3.73. The quantitative estimate of drug-likeness (QED) is 0.905. The molecule has 0 saturated carbocycles. The largest absolute Gasteiger partial charge is 0.359 e. The maximum absolute atomic E-state index is 14.0. The third-order valence-electron chi connectivity index (χ3n) is 4.31. The van der Waals surface area contributed by atoms with Gasteiger partial charge in [-0.1, -0.05) is 23.8 Å². The van der Waals surface area contributed by atoms with Crippen molar-refractivity contribution in [2.45, 2.75) is 26.3 Å². The second kappa shape index (κ2) is 7.92. The van der Waals surface area contributed by atoms with Gasteiger partial charge in [-0.05, 0) is 43.7 Å². The summed E-state index contributed by atoms with van der Waals surface area (Å²) in [5.74, 6) is -0.578. The lowest BCUT2D eigenvalue weighted by Gasteiger charge is -2.24.